The molecular formula is C21H22F3NO4. The van der Waals surface area contributed by atoms with Gasteiger partial charge in [-0.1, -0.05) is 6.92 Å². The van der Waals surface area contributed by atoms with Crippen molar-refractivity contribution in [3.8, 4) is 11.5 Å². The van der Waals surface area contributed by atoms with E-state index < -0.39 is 17.6 Å². The third-order valence-electron chi connectivity index (χ3n) is 4.08. The molecule has 156 valence electrons. The van der Waals surface area contributed by atoms with Gasteiger partial charge < -0.3 is 14.8 Å². The van der Waals surface area contributed by atoms with Crippen LogP contribution >= 0.6 is 0 Å². The van der Waals surface area contributed by atoms with E-state index in [1.807, 2.05) is 6.92 Å². The van der Waals surface area contributed by atoms with Crippen LogP contribution in [0.15, 0.2) is 36.4 Å². The van der Waals surface area contributed by atoms with Crippen molar-refractivity contribution in [1.29, 1.82) is 0 Å². The molecule has 0 bridgehead atoms. The number of hydrogen-bond donors (Lipinski definition) is 1. The summed E-state index contributed by atoms with van der Waals surface area (Å²) in [6.45, 7) is 3.55. The standard InChI is InChI=1S/C21H22F3NO4/c1-4-9-29-19-8-6-16(21(22,23)24)12-17(19)25-20(27)11-15-10-14(13(2)26)5-7-18(15)28-3/h5-8,10,12H,4,9,11H2,1-3H3,(H,25,27). The van der Waals surface area contributed by atoms with Gasteiger partial charge in [-0.25, -0.2) is 0 Å². The van der Waals surface area contributed by atoms with E-state index in [4.69, 9.17) is 9.47 Å². The molecule has 0 radical (unpaired) electrons. The van der Waals surface area contributed by atoms with Crippen LogP contribution in [-0.2, 0) is 17.4 Å². The van der Waals surface area contributed by atoms with E-state index in [0.29, 0.717) is 29.9 Å². The topological polar surface area (TPSA) is 64.6 Å². The molecule has 2 aromatic carbocycles. The van der Waals surface area contributed by atoms with E-state index in [-0.39, 0.29) is 23.6 Å². The van der Waals surface area contributed by atoms with Crippen LogP contribution in [-0.4, -0.2) is 25.4 Å². The lowest BCUT2D eigenvalue weighted by molar-refractivity contribution is -0.137. The van der Waals surface area contributed by atoms with Gasteiger partial charge in [0.2, 0.25) is 5.91 Å². The molecule has 8 heteroatoms. The van der Waals surface area contributed by atoms with Crippen molar-refractivity contribution in [1.82, 2.24) is 0 Å². The highest BCUT2D eigenvalue weighted by Crippen LogP contribution is 2.35. The third kappa shape index (κ3) is 5.97. The minimum absolute atomic E-state index is 0.0695. The zero-order chi connectivity index (χ0) is 21.6. The second-order valence-corrected chi connectivity index (χ2v) is 6.36. The average molecular weight is 409 g/mol. The molecule has 1 amide bonds. The number of anilines is 1. The van der Waals surface area contributed by atoms with Crippen molar-refractivity contribution in [3.05, 3.63) is 53.1 Å². The minimum atomic E-state index is -4.55. The van der Waals surface area contributed by atoms with Crippen LogP contribution in [0.3, 0.4) is 0 Å². The molecule has 0 unspecified atom stereocenters. The Labute approximate surface area is 166 Å². The van der Waals surface area contributed by atoms with Gasteiger partial charge in [0.15, 0.2) is 5.78 Å². The first kappa shape index (κ1) is 22.3. The SMILES string of the molecule is CCCOc1ccc(C(F)(F)F)cc1NC(=O)Cc1cc(C(C)=O)ccc1OC. The van der Waals surface area contributed by atoms with Gasteiger partial charge in [-0.3, -0.25) is 9.59 Å². The Hall–Kier alpha value is -3.03. The van der Waals surface area contributed by atoms with E-state index in [9.17, 15) is 22.8 Å². The summed E-state index contributed by atoms with van der Waals surface area (Å²) in [4.78, 5) is 24.1. The Morgan fingerprint density at radius 2 is 1.76 bits per heavy atom. The largest absolute Gasteiger partial charge is 0.496 e. The van der Waals surface area contributed by atoms with Gasteiger partial charge in [-0.05, 0) is 49.7 Å². The zero-order valence-corrected chi connectivity index (χ0v) is 16.4. The molecule has 0 aromatic heterocycles. The molecule has 0 saturated heterocycles. The number of nitrogens with one attached hydrogen (secondary N) is 1. The van der Waals surface area contributed by atoms with E-state index in [2.05, 4.69) is 5.32 Å². The first-order chi connectivity index (χ1) is 13.7. The van der Waals surface area contributed by atoms with Gasteiger partial charge >= 0.3 is 6.18 Å². The van der Waals surface area contributed by atoms with Crippen LogP contribution in [0.5, 0.6) is 11.5 Å². The highest BCUT2D eigenvalue weighted by Gasteiger charge is 2.31. The van der Waals surface area contributed by atoms with E-state index in [1.165, 1.54) is 26.2 Å². The maximum Gasteiger partial charge on any atom is 0.416 e. The molecule has 0 fully saturated rings. The molecule has 0 spiro atoms. The number of ketones is 1. The first-order valence-electron chi connectivity index (χ1n) is 8.97. The fraction of sp³-hybridized carbons (Fsp3) is 0.333. The van der Waals surface area contributed by atoms with Crippen LogP contribution < -0.4 is 14.8 Å². The van der Waals surface area contributed by atoms with Crippen molar-refractivity contribution in [2.45, 2.75) is 32.9 Å². The normalized spacial score (nSPS) is 11.1. The molecular weight excluding hydrogens is 387 g/mol. The number of amides is 1. The summed E-state index contributed by atoms with van der Waals surface area (Å²) in [7, 11) is 1.42. The van der Waals surface area contributed by atoms with Gasteiger partial charge in [0.05, 0.1) is 31.4 Å². The van der Waals surface area contributed by atoms with Crippen molar-refractivity contribution in [2.24, 2.45) is 0 Å². The lowest BCUT2D eigenvalue weighted by atomic mass is 10.0. The highest BCUT2D eigenvalue weighted by molar-refractivity contribution is 5.96. The predicted molar refractivity (Wildman–Crippen MR) is 103 cm³/mol. The lowest BCUT2D eigenvalue weighted by Crippen LogP contribution is -2.17. The van der Waals surface area contributed by atoms with Crippen LogP contribution in [0.4, 0.5) is 18.9 Å². The molecule has 2 aromatic rings. The maximum absolute atomic E-state index is 13.1. The second-order valence-electron chi connectivity index (χ2n) is 6.36. The molecule has 0 heterocycles. The fourth-order valence-electron chi connectivity index (χ4n) is 2.64. The molecule has 0 aliphatic carbocycles. The Bertz CT molecular complexity index is 894. The smallest absolute Gasteiger partial charge is 0.416 e. The maximum atomic E-state index is 13.1. The van der Waals surface area contributed by atoms with E-state index in [1.54, 1.807) is 12.1 Å². The number of hydrogen-bond acceptors (Lipinski definition) is 4. The Morgan fingerprint density at radius 1 is 1.07 bits per heavy atom. The van der Waals surface area contributed by atoms with E-state index >= 15 is 0 Å². The summed E-state index contributed by atoms with van der Waals surface area (Å²) >= 11 is 0. The van der Waals surface area contributed by atoms with Crippen LogP contribution in [0, 0.1) is 0 Å². The molecule has 0 aliphatic rings. The number of halogens is 3. The summed E-state index contributed by atoms with van der Waals surface area (Å²) in [6, 6.07) is 7.60. The number of benzene rings is 2. The number of ether oxygens (including phenoxy) is 2. The van der Waals surface area contributed by atoms with Crippen LogP contribution in [0.25, 0.3) is 0 Å². The van der Waals surface area contributed by atoms with Crippen LogP contribution in [0.1, 0.15) is 41.8 Å². The number of carbonyl (C=O) groups is 2. The van der Waals surface area contributed by atoms with Crippen LogP contribution in [0.2, 0.25) is 0 Å². The van der Waals surface area contributed by atoms with Crippen molar-refractivity contribution in [2.75, 3.05) is 19.0 Å². The number of carbonyl (C=O) groups excluding carboxylic acids is 2. The Morgan fingerprint density at radius 3 is 2.34 bits per heavy atom. The van der Waals surface area contributed by atoms with Crippen molar-refractivity contribution >= 4 is 17.4 Å². The van der Waals surface area contributed by atoms with Gasteiger partial charge in [-0.2, -0.15) is 13.2 Å². The number of methoxy groups -OCH3 is 1. The molecule has 2 rings (SSSR count). The molecule has 5 nitrogen and oxygen atoms in total. The molecule has 29 heavy (non-hydrogen) atoms. The quantitative estimate of drug-likeness (QED) is 0.631. The Balaban J connectivity index is 2.29. The zero-order valence-electron chi connectivity index (χ0n) is 16.4. The summed E-state index contributed by atoms with van der Waals surface area (Å²) < 4.78 is 49.8. The molecule has 0 saturated carbocycles. The summed E-state index contributed by atoms with van der Waals surface area (Å²) in [5.74, 6) is -0.193. The predicted octanol–water partition coefficient (Wildman–Crippen LogP) is 4.89. The molecule has 0 atom stereocenters. The monoisotopic (exact) mass is 409 g/mol. The minimum Gasteiger partial charge on any atom is -0.496 e. The Kier molecular flexibility index (Phi) is 7.25. The lowest BCUT2D eigenvalue weighted by Gasteiger charge is -2.16. The van der Waals surface area contributed by atoms with Crippen molar-refractivity contribution in [3.63, 3.8) is 0 Å². The second kappa shape index (κ2) is 9.45. The number of rotatable bonds is 8. The van der Waals surface area contributed by atoms with Gasteiger partial charge in [0, 0.05) is 11.1 Å². The summed E-state index contributed by atoms with van der Waals surface area (Å²) in [6.07, 6.45) is -4.08. The average Bonchev–Trinajstić information content (AvgIpc) is 2.66. The summed E-state index contributed by atoms with van der Waals surface area (Å²) in [5, 5.41) is 2.48. The molecule has 0 aliphatic heterocycles. The first-order valence-corrected chi connectivity index (χ1v) is 8.97. The van der Waals surface area contributed by atoms with Gasteiger partial charge in [0.1, 0.15) is 11.5 Å². The number of alkyl halides is 3. The van der Waals surface area contributed by atoms with E-state index in [0.717, 1.165) is 12.1 Å². The van der Waals surface area contributed by atoms with Gasteiger partial charge in [0.25, 0.3) is 0 Å². The van der Waals surface area contributed by atoms with Gasteiger partial charge in [-0.15, -0.1) is 0 Å². The summed E-state index contributed by atoms with van der Waals surface area (Å²) in [5.41, 5.74) is -0.117. The highest BCUT2D eigenvalue weighted by atomic mass is 19.4. The fourth-order valence-corrected chi connectivity index (χ4v) is 2.64. The van der Waals surface area contributed by atoms with Crippen molar-refractivity contribution < 1.29 is 32.2 Å². The number of Topliss-reactive ketones (excluding diaryl/α,β-unsaturated/α-hetero) is 1. The third-order valence-corrected chi connectivity index (χ3v) is 4.08. The molecule has 1 N–H and O–H groups in total.